The second kappa shape index (κ2) is 5.91. The fourth-order valence-corrected chi connectivity index (χ4v) is 4.23. The second-order valence-corrected chi connectivity index (χ2v) is 8.46. The van der Waals surface area contributed by atoms with Crippen LogP contribution in [-0.4, -0.2) is 43.8 Å². The topological polar surface area (TPSA) is 75.5 Å². The summed E-state index contributed by atoms with van der Waals surface area (Å²) in [5, 5.41) is 11.3. The van der Waals surface area contributed by atoms with E-state index in [0.29, 0.717) is 18.5 Å². The van der Waals surface area contributed by atoms with E-state index in [1.807, 2.05) is 49.9 Å². The molecule has 2 aromatic rings. The Hall–Kier alpha value is -2.21. The van der Waals surface area contributed by atoms with Gasteiger partial charge in [0.05, 0.1) is 22.9 Å². The molecule has 6 heteroatoms. The smallest absolute Gasteiger partial charge is 0.410 e. The molecule has 2 bridgehead atoms. The standard InChI is InChI=1S/C20H25N3O3/c1-19(2,3)26-18(24)23-13-8-9-14(23)11-20(25,10-13)17-12-21-15-6-4-5-7-16(15)22-17/h4-7,12-14,25H,8-11H2,1-3H3. The van der Waals surface area contributed by atoms with Gasteiger partial charge in [-0.2, -0.15) is 0 Å². The van der Waals surface area contributed by atoms with E-state index < -0.39 is 11.2 Å². The minimum Gasteiger partial charge on any atom is -0.444 e. The highest BCUT2D eigenvalue weighted by atomic mass is 16.6. The molecule has 2 aliphatic heterocycles. The number of amides is 1. The van der Waals surface area contributed by atoms with Gasteiger partial charge in [0.25, 0.3) is 0 Å². The maximum absolute atomic E-state index is 12.6. The van der Waals surface area contributed by atoms with Crippen LogP contribution < -0.4 is 0 Å². The van der Waals surface area contributed by atoms with Gasteiger partial charge in [-0.15, -0.1) is 0 Å². The zero-order valence-corrected chi connectivity index (χ0v) is 15.5. The number of piperidine rings is 1. The number of carbonyl (C=O) groups excluding carboxylic acids is 1. The molecule has 1 aromatic carbocycles. The van der Waals surface area contributed by atoms with Crippen molar-refractivity contribution in [2.45, 2.75) is 69.7 Å². The van der Waals surface area contributed by atoms with Crippen molar-refractivity contribution in [3.63, 3.8) is 0 Å². The van der Waals surface area contributed by atoms with Crippen LogP contribution in [0.15, 0.2) is 30.5 Å². The van der Waals surface area contributed by atoms with Gasteiger partial charge in [0.2, 0.25) is 0 Å². The number of ether oxygens (including phenoxy) is 1. The summed E-state index contributed by atoms with van der Waals surface area (Å²) in [6, 6.07) is 7.60. The number of carbonyl (C=O) groups is 1. The van der Waals surface area contributed by atoms with Gasteiger partial charge in [-0.05, 0) is 45.7 Å². The van der Waals surface area contributed by atoms with Crippen LogP contribution in [0.2, 0.25) is 0 Å². The highest BCUT2D eigenvalue weighted by molar-refractivity contribution is 5.74. The summed E-state index contributed by atoms with van der Waals surface area (Å²) >= 11 is 0. The van der Waals surface area contributed by atoms with Crippen LogP contribution in [0.1, 0.15) is 52.1 Å². The lowest BCUT2D eigenvalue weighted by atomic mass is 9.83. The number of rotatable bonds is 1. The normalized spacial score (nSPS) is 28.4. The molecule has 138 valence electrons. The van der Waals surface area contributed by atoms with Gasteiger partial charge in [0, 0.05) is 24.9 Å². The lowest BCUT2D eigenvalue weighted by molar-refractivity contribution is -0.0647. The van der Waals surface area contributed by atoms with Gasteiger partial charge in [-0.25, -0.2) is 9.78 Å². The van der Waals surface area contributed by atoms with Crippen LogP contribution >= 0.6 is 0 Å². The lowest BCUT2D eigenvalue weighted by Crippen LogP contribution is -2.53. The Labute approximate surface area is 153 Å². The average Bonchev–Trinajstić information content (AvgIpc) is 2.85. The summed E-state index contributed by atoms with van der Waals surface area (Å²) in [6.07, 6.45) is 4.09. The molecule has 2 saturated heterocycles. The fraction of sp³-hybridized carbons (Fsp3) is 0.550. The maximum atomic E-state index is 12.6. The Kier molecular flexibility index (Phi) is 3.91. The minimum atomic E-state index is -1.05. The molecule has 2 fully saturated rings. The molecule has 0 spiro atoms. The predicted molar refractivity (Wildman–Crippen MR) is 97.6 cm³/mol. The third-order valence-corrected chi connectivity index (χ3v) is 5.30. The molecule has 2 aliphatic rings. The van der Waals surface area contributed by atoms with Crippen molar-refractivity contribution in [2.75, 3.05) is 0 Å². The number of hydrogen-bond acceptors (Lipinski definition) is 5. The molecule has 1 amide bonds. The van der Waals surface area contributed by atoms with Crippen LogP contribution in [0.5, 0.6) is 0 Å². The molecular weight excluding hydrogens is 330 g/mol. The number of nitrogens with zero attached hydrogens (tertiary/aromatic N) is 3. The molecule has 0 aliphatic carbocycles. The highest BCUT2D eigenvalue weighted by Gasteiger charge is 2.51. The van der Waals surface area contributed by atoms with E-state index >= 15 is 0 Å². The summed E-state index contributed by atoms with van der Waals surface area (Å²) in [5.41, 5.74) is 0.612. The van der Waals surface area contributed by atoms with Crippen LogP contribution in [0.3, 0.4) is 0 Å². The molecule has 0 saturated carbocycles. The van der Waals surface area contributed by atoms with Gasteiger partial charge in [0.1, 0.15) is 11.2 Å². The first kappa shape index (κ1) is 17.2. The number of para-hydroxylation sites is 2. The Morgan fingerprint density at radius 1 is 1.19 bits per heavy atom. The van der Waals surface area contributed by atoms with Crippen LogP contribution in [0, 0.1) is 0 Å². The van der Waals surface area contributed by atoms with E-state index in [2.05, 4.69) is 9.97 Å². The van der Waals surface area contributed by atoms with Crippen molar-refractivity contribution in [1.29, 1.82) is 0 Å². The molecular formula is C20H25N3O3. The van der Waals surface area contributed by atoms with E-state index in [0.717, 1.165) is 23.9 Å². The summed E-state index contributed by atoms with van der Waals surface area (Å²) in [7, 11) is 0. The number of benzene rings is 1. The molecule has 1 N–H and O–H groups in total. The van der Waals surface area contributed by atoms with E-state index in [1.165, 1.54) is 0 Å². The van der Waals surface area contributed by atoms with E-state index in [9.17, 15) is 9.90 Å². The van der Waals surface area contributed by atoms with Crippen molar-refractivity contribution < 1.29 is 14.6 Å². The molecule has 2 unspecified atom stereocenters. The fourth-order valence-electron chi connectivity index (χ4n) is 4.23. The SMILES string of the molecule is CC(C)(C)OC(=O)N1C2CCC1CC(O)(c1cnc3ccccc3n1)C2. The summed E-state index contributed by atoms with van der Waals surface area (Å²) < 4.78 is 5.57. The summed E-state index contributed by atoms with van der Waals surface area (Å²) in [6.45, 7) is 5.62. The Balaban J connectivity index is 1.59. The third kappa shape index (κ3) is 3.03. The number of fused-ring (bicyclic) bond motifs is 3. The summed E-state index contributed by atoms with van der Waals surface area (Å²) in [4.78, 5) is 23.5. The lowest BCUT2D eigenvalue weighted by Gasteiger charge is -2.43. The van der Waals surface area contributed by atoms with Crippen LogP contribution in [0.25, 0.3) is 11.0 Å². The number of aromatic nitrogens is 2. The monoisotopic (exact) mass is 355 g/mol. The zero-order chi connectivity index (χ0) is 18.5. The molecule has 2 atom stereocenters. The van der Waals surface area contributed by atoms with Crippen molar-refractivity contribution in [3.05, 3.63) is 36.2 Å². The molecule has 0 radical (unpaired) electrons. The zero-order valence-electron chi connectivity index (χ0n) is 15.5. The van der Waals surface area contributed by atoms with Gasteiger partial charge in [-0.1, -0.05) is 12.1 Å². The van der Waals surface area contributed by atoms with Crippen molar-refractivity contribution in [3.8, 4) is 0 Å². The van der Waals surface area contributed by atoms with Gasteiger partial charge < -0.3 is 14.7 Å². The molecule has 6 nitrogen and oxygen atoms in total. The highest BCUT2D eigenvalue weighted by Crippen LogP contribution is 2.45. The average molecular weight is 355 g/mol. The van der Waals surface area contributed by atoms with Gasteiger partial charge >= 0.3 is 6.09 Å². The summed E-state index contributed by atoms with van der Waals surface area (Å²) in [5.74, 6) is 0. The van der Waals surface area contributed by atoms with Crippen LogP contribution in [-0.2, 0) is 10.3 Å². The minimum absolute atomic E-state index is 0.0260. The van der Waals surface area contributed by atoms with Crippen molar-refractivity contribution >= 4 is 17.1 Å². The quantitative estimate of drug-likeness (QED) is 0.849. The first-order chi connectivity index (χ1) is 12.3. The molecule has 26 heavy (non-hydrogen) atoms. The molecule has 4 rings (SSSR count). The first-order valence-electron chi connectivity index (χ1n) is 9.21. The molecule has 3 heterocycles. The van der Waals surface area contributed by atoms with E-state index in [1.54, 1.807) is 6.20 Å². The Morgan fingerprint density at radius 3 is 2.42 bits per heavy atom. The molecule has 1 aromatic heterocycles. The third-order valence-electron chi connectivity index (χ3n) is 5.30. The maximum Gasteiger partial charge on any atom is 0.410 e. The Bertz CT molecular complexity index is 832. The second-order valence-electron chi connectivity index (χ2n) is 8.46. The largest absolute Gasteiger partial charge is 0.444 e. The predicted octanol–water partition coefficient (Wildman–Crippen LogP) is 3.38. The van der Waals surface area contributed by atoms with E-state index in [4.69, 9.17) is 4.74 Å². The first-order valence-corrected chi connectivity index (χ1v) is 9.21. The number of hydrogen-bond donors (Lipinski definition) is 1. The van der Waals surface area contributed by atoms with E-state index in [-0.39, 0.29) is 18.2 Å². The number of aliphatic hydroxyl groups is 1. The van der Waals surface area contributed by atoms with Crippen molar-refractivity contribution in [1.82, 2.24) is 14.9 Å². The van der Waals surface area contributed by atoms with Crippen LogP contribution in [0.4, 0.5) is 4.79 Å². The van der Waals surface area contributed by atoms with Crippen molar-refractivity contribution in [2.24, 2.45) is 0 Å². The Morgan fingerprint density at radius 2 is 1.81 bits per heavy atom. The van der Waals surface area contributed by atoms with Gasteiger partial charge in [-0.3, -0.25) is 4.98 Å². The van der Waals surface area contributed by atoms with Gasteiger partial charge in [0.15, 0.2) is 0 Å².